The SMILES string of the molecule is CC(C)c1c(OCC2CCCCC2)ccc(S(N)(=O)=O)c1-c1ccccc1Oc1ccccc1. The smallest absolute Gasteiger partial charge is 0.238 e. The molecule has 180 valence electrons. The van der Waals surface area contributed by atoms with E-state index in [9.17, 15) is 8.42 Å². The molecule has 2 N–H and O–H groups in total. The third-order valence-corrected chi connectivity index (χ3v) is 7.33. The molecule has 3 aromatic rings. The van der Waals surface area contributed by atoms with Crippen molar-refractivity contribution in [2.24, 2.45) is 11.1 Å². The van der Waals surface area contributed by atoms with Crippen molar-refractivity contribution >= 4 is 10.0 Å². The third-order valence-electron chi connectivity index (χ3n) is 6.38. The summed E-state index contributed by atoms with van der Waals surface area (Å²) in [6.45, 7) is 4.72. The van der Waals surface area contributed by atoms with Gasteiger partial charge in [0.1, 0.15) is 17.2 Å². The Morgan fingerprint density at radius 1 is 0.882 bits per heavy atom. The second kappa shape index (κ2) is 10.6. The minimum atomic E-state index is -3.99. The second-order valence-electron chi connectivity index (χ2n) is 9.28. The van der Waals surface area contributed by atoms with Crippen LogP contribution in [0.1, 0.15) is 57.4 Å². The summed E-state index contributed by atoms with van der Waals surface area (Å²) in [7, 11) is -3.99. The summed E-state index contributed by atoms with van der Waals surface area (Å²) < 4.78 is 37.9. The van der Waals surface area contributed by atoms with Crippen molar-refractivity contribution < 1.29 is 17.9 Å². The predicted molar refractivity (Wildman–Crippen MR) is 136 cm³/mol. The van der Waals surface area contributed by atoms with Crippen molar-refractivity contribution in [3.05, 3.63) is 72.3 Å². The number of hydrogen-bond acceptors (Lipinski definition) is 4. The first-order valence-electron chi connectivity index (χ1n) is 12.0. The highest BCUT2D eigenvalue weighted by molar-refractivity contribution is 7.89. The van der Waals surface area contributed by atoms with Crippen molar-refractivity contribution in [3.63, 3.8) is 0 Å². The van der Waals surface area contributed by atoms with Crippen molar-refractivity contribution in [1.82, 2.24) is 0 Å². The third kappa shape index (κ3) is 5.62. The largest absolute Gasteiger partial charge is 0.493 e. The minimum Gasteiger partial charge on any atom is -0.493 e. The molecule has 34 heavy (non-hydrogen) atoms. The number of primary sulfonamides is 1. The highest BCUT2D eigenvalue weighted by atomic mass is 32.2. The monoisotopic (exact) mass is 479 g/mol. The number of para-hydroxylation sites is 2. The molecule has 1 fully saturated rings. The predicted octanol–water partition coefficient (Wildman–Crippen LogP) is 6.88. The molecule has 0 atom stereocenters. The van der Waals surface area contributed by atoms with E-state index in [1.807, 2.05) is 68.4 Å². The lowest BCUT2D eigenvalue weighted by molar-refractivity contribution is 0.207. The first kappa shape index (κ1) is 24.3. The number of rotatable bonds is 8. The summed E-state index contributed by atoms with van der Waals surface area (Å²) in [5.41, 5.74) is 2.04. The zero-order valence-corrected chi connectivity index (χ0v) is 20.7. The lowest BCUT2D eigenvalue weighted by atomic mass is 9.89. The number of ether oxygens (including phenoxy) is 2. The highest BCUT2D eigenvalue weighted by Crippen LogP contribution is 2.44. The van der Waals surface area contributed by atoms with E-state index >= 15 is 0 Å². The fraction of sp³-hybridized carbons (Fsp3) is 0.357. The summed E-state index contributed by atoms with van der Waals surface area (Å²) in [6.07, 6.45) is 6.12. The molecule has 0 saturated heterocycles. The summed E-state index contributed by atoms with van der Waals surface area (Å²) in [6, 6.07) is 20.2. The van der Waals surface area contributed by atoms with Crippen molar-refractivity contribution in [2.75, 3.05) is 6.61 Å². The van der Waals surface area contributed by atoms with Gasteiger partial charge in [-0.2, -0.15) is 0 Å². The van der Waals surface area contributed by atoms with Gasteiger partial charge in [-0.3, -0.25) is 0 Å². The molecule has 6 heteroatoms. The van der Waals surface area contributed by atoms with Crippen LogP contribution in [0.4, 0.5) is 0 Å². The van der Waals surface area contributed by atoms with E-state index < -0.39 is 10.0 Å². The standard InChI is InChI=1S/C28H33NO4S/c1-20(2)27-25(32-19-21-11-5-3-6-12-21)17-18-26(34(29,30)31)28(27)23-15-9-10-16-24(23)33-22-13-7-4-8-14-22/h4,7-10,13-18,20-21H,3,5-6,11-12,19H2,1-2H3,(H2,29,30,31). The first-order valence-corrected chi connectivity index (χ1v) is 13.5. The van der Waals surface area contributed by atoms with E-state index in [0.717, 1.165) is 5.56 Å². The van der Waals surface area contributed by atoms with Crippen LogP contribution in [0.2, 0.25) is 0 Å². The van der Waals surface area contributed by atoms with Crippen LogP contribution < -0.4 is 14.6 Å². The van der Waals surface area contributed by atoms with Gasteiger partial charge >= 0.3 is 0 Å². The maximum absolute atomic E-state index is 12.7. The Hall–Kier alpha value is -2.83. The average molecular weight is 480 g/mol. The maximum Gasteiger partial charge on any atom is 0.238 e. The lowest BCUT2D eigenvalue weighted by Gasteiger charge is -2.25. The zero-order chi connectivity index (χ0) is 24.1. The molecule has 0 heterocycles. The Morgan fingerprint density at radius 2 is 1.56 bits per heavy atom. The molecule has 0 spiro atoms. The van der Waals surface area contributed by atoms with Gasteiger partial charge in [-0.25, -0.2) is 13.6 Å². The van der Waals surface area contributed by atoms with E-state index in [1.165, 1.54) is 32.1 Å². The molecule has 4 rings (SSSR count). The molecular weight excluding hydrogens is 446 g/mol. The second-order valence-corrected chi connectivity index (χ2v) is 10.8. The van der Waals surface area contributed by atoms with E-state index in [0.29, 0.717) is 40.9 Å². The first-order chi connectivity index (χ1) is 16.3. The Labute approximate surface area is 203 Å². The number of hydrogen-bond donors (Lipinski definition) is 1. The number of sulfonamides is 1. The fourth-order valence-corrected chi connectivity index (χ4v) is 5.50. The number of benzene rings is 3. The van der Waals surface area contributed by atoms with E-state index in [-0.39, 0.29) is 10.8 Å². The van der Waals surface area contributed by atoms with Gasteiger partial charge in [0.05, 0.1) is 11.5 Å². The summed E-state index contributed by atoms with van der Waals surface area (Å²) >= 11 is 0. The van der Waals surface area contributed by atoms with Gasteiger partial charge in [-0.1, -0.05) is 69.5 Å². The fourth-order valence-electron chi connectivity index (χ4n) is 4.73. The van der Waals surface area contributed by atoms with Crippen LogP contribution >= 0.6 is 0 Å². The van der Waals surface area contributed by atoms with Crippen LogP contribution in [0.15, 0.2) is 71.6 Å². The molecular formula is C28H33NO4S. The molecule has 3 aromatic carbocycles. The van der Waals surface area contributed by atoms with Crippen LogP contribution in [-0.2, 0) is 10.0 Å². The van der Waals surface area contributed by atoms with Crippen molar-refractivity contribution in [1.29, 1.82) is 0 Å². The molecule has 1 saturated carbocycles. The molecule has 0 aliphatic heterocycles. The van der Waals surface area contributed by atoms with Gasteiger partial charge < -0.3 is 9.47 Å². The van der Waals surface area contributed by atoms with Crippen LogP contribution in [0, 0.1) is 5.92 Å². The van der Waals surface area contributed by atoms with E-state index in [1.54, 1.807) is 12.1 Å². The lowest BCUT2D eigenvalue weighted by Crippen LogP contribution is -2.18. The quantitative estimate of drug-likeness (QED) is 0.382. The van der Waals surface area contributed by atoms with Gasteiger partial charge in [0.25, 0.3) is 0 Å². The minimum absolute atomic E-state index is 0.00263. The molecule has 1 aliphatic carbocycles. The van der Waals surface area contributed by atoms with Crippen LogP contribution in [0.5, 0.6) is 17.2 Å². The Morgan fingerprint density at radius 3 is 2.24 bits per heavy atom. The van der Waals surface area contributed by atoms with Crippen LogP contribution in [-0.4, -0.2) is 15.0 Å². The summed E-state index contributed by atoms with van der Waals surface area (Å²) in [5, 5.41) is 5.70. The van der Waals surface area contributed by atoms with E-state index in [2.05, 4.69) is 0 Å². The molecule has 0 unspecified atom stereocenters. The average Bonchev–Trinajstić information content (AvgIpc) is 2.83. The maximum atomic E-state index is 12.7. The number of nitrogens with two attached hydrogens (primary N) is 1. The van der Waals surface area contributed by atoms with Crippen molar-refractivity contribution in [3.8, 4) is 28.4 Å². The Kier molecular flexibility index (Phi) is 7.59. The van der Waals surface area contributed by atoms with E-state index in [4.69, 9.17) is 14.6 Å². The summed E-state index contributed by atoms with van der Waals surface area (Å²) in [5.74, 6) is 2.47. The molecule has 0 amide bonds. The Balaban J connectivity index is 1.83. The molecule has 0 aromatic heterocycles. The highest BCUT2D eigenvalue weighted by Gasteiger charge is 2.26. The Bertz CT molecular complexity index is 1220. The van der Waals surface area contributed by atoms with Gasteiger partial charge in [0.2, 0.25) is 10.0 Å². The molecule has 0 radical (unpaired) electrons. The summed E-state index contributed by atoms with van der Waals surface area (Å²) in [4.78, 5) is 0.0744. The van der Waals surface area contributed by atoms with Gasteiger partial charge in [0.15, 0.2) is 0 Å². The zero-order valence-electron chi connectivity index (χ0n) is 19.9. The van der Waals surface area contributed by atoms with Gasteiger partial charge in [-0.15, -0.1) is 0 Å². The molecule has 0 bridgehead atoms. The normalized spacial score (nSPS) is 14.8. The van der Waals surface area contributed by atoms with Gasteiger partial charge in [-0.05, 0) is 55.0 Å². The van der Waals surface area contributed by atoms with Crippen molar-refractivity contribution in [2.45, 2.75) is 56.8 Å². The molecule has 1 aliphatic rings. The molecule has 5 nitrogen and oxygen atoms in total. The van der Waals surface area contributed by atoms with Gasteiger partial charge in [0, 0.05) is 16.7 Å². The topological polar surface area (TPSA) is 78.6 Å². The van der Waals surface area contributed by atoms with Crippen LogP contribution in [0.3, 0.4) is 0 Å². The van der Waals surface area contributed by atoms with Crippen LogP contribution in [0.25, 0.3) is 11.1 Å².